The van der Waals surface area contributed by atoms with Crippen LogP contribution in [0.3, 0.4) is 0 Å². The van der Waals surface area contributed by atoms with Crippen molar-refractivity contribution in [3.63, 3.8) is 0 Å². The number of amides is 4. The van der Waals surface area contributed by atoms with Gasteiger partial charge < -0.3 is 19.8 Å². The molecule has 1 saturated heterocycles. The van der Waals surface area contributed by atoms with E-state index in [1.165, 1.54) is 24.3 Å². The van der Waals surface area contributed by atoms with E-state index in [0.717, 1.165) is 0 Å². The summed E-state index contributed by atoms with van der Waals surface area (Å²) in [5, 5.41) is 4.72. The smallest absolute Gasteiger partial charge is 0.338 e. The van der Waals surface area contributed by atoms with Crippen LogP contribution < -0.4 is 10.6 Å². The van der Waals surface area contributed by atoms with Crippen LogP contribution in [0.5, 0.6) is 0 Å². The summed E-state index contributed by atoms with van der Waals surface area (Å²) in [7, 11) is 0. The SMILES string of the molecule is CCOC(=O)c1ccc(-c2ccc(/C=C3/NC(=O)N(CC(=O)Nc4ccccc4F)C3=O)o2)cc1. The van der Waals surface area contributed by atoms with Crippen LogP contribution in [0.1, 0.15) is 23.0 Å². The van der Waals surface area contributed by atoms with E-state index in [1.54, 1.807) is 49.4 Å². The van der Waals surface area contributed by atoms with Crippen LogP contribution in [0.25, 0.3) is 17.4 Å². The number of nitrogens with one attached hydrogen (secondary N) is 2. The van der Waals surface area contributed by atoms with Crippen molar-refractivity contribution in [2.24, 2.45) is 0 Å². The normalized spacial score (nSPS) is 14.2. The van der Waals surface area contributed by atoms with Crippen LogP contribution in [0.2, 0.25) is 0 Å². The Balaban J connectivity index is 1.43. The first-order chi connectivity index (χ1) is 16.9. The molecular weight excluding hydrogens is 457 g/mol. The molecule has 0 atom stereocenters. The van der Waals surface area contributed by atoms with E-state index in [0.29, 0.717) is 21.8 Å². The molecule has 10 heteroatoms. The summed E-state index contributed by atoms with van der Waals surface area (Å²) in [6.45, 7) is 1.41. The molecule has 0 spiro atoms. The number of hydrogen-bond acceptors (Lipinski definition) is 6. The third-order valence-electron chi connectivity index (χ3n) is 5.01. The average molecular weight is 477 g/mol. The van der Waals surface area contributed by atoms with Crippen LogP contribution in [-0.4, -0.2) is 41.9 Å². The van der Waals surface area contributed by atoms with Gasteiger partial charge in [0.05, 0.1) is 17.9 Å². The van der Waals surface area contributed by atoms with Gasteiger partial charge in [-0.3, -0.25) is 9.59 Å². The zero-order valence-corrected chi connectivity index (χ0v) is 18.5. The molecule has 3 aromatic rings. The second kappa shape index (κ2) is 10.0. The lowest BCUT2D eigenvalue weighted by molar-refractivity contribution is -0.127. The van der Waals surface area contributed by atoms with Crippen molar-refractivity contribution in [3.05, 3.63) is 83.5 Å². The number of imide groups is 1. The highest BCUT2D eigenvalue weighted by molar-refractivity contribution is 6.15. The quantitative estimate of drug-likeness (QED) is 0.304. The molecule has 4 amide bonds. The largest absolute Gasteiger partial charge is 0.462 e. The molecule has 0 aliphatic carbocycles. The van der Waals surface area contributed by atoms with E-state index in [9.17, 15) is 23.6 Å². The van der Waals surface area contributed by atoms with Crippen molar-refractivity contribution >= 4 is 35.6 Å². The Kier molecular flexibility index (Phi) is 6.72. The first-order valence-electron chi connectivity index (χ1n) is 10.6. The molecule has 0 radical (unpaired) electrons. The van der Waals surface area contributed by atoms with E-state index in [-0.39, 0.29) is 23.8 Å². The number of anilines is 1. The van der Waals surface area contributed by atoms with Gasteiger partial charge in [-0.15, -0.1) is 0 Å². The van der Waals surface area contributed by atoms with E-state index < -0.39 is 36.2 Å². The van der Waals surface area contributed by atoms with E-state index >= 15 is 0 Å². The van der Waals surface area contributed by atoms with Gasteiger partial charge in [0.1, 0.15) is 29.6 Å². The minimum Gasteiger partial charge on any atom is -0.462 e. The number of halogens is 1. The number of carbonyl (C=O) groups is 4. The van der Waals surface area contributed by atoms with Crippen LogP contribution in [0.4, 0.5) is 14.9 Å². The van der Waals surface area contributed by atoms with Crippen molar-refractivity contribution in [1.82, 2.24) is 10.2 Å². The number of hydrogen-bond donors (Lipinski definition) is 2. The summed E-state index contributed by atoms with van der Waals surface area (Å²) in [5.74, 6) is -1.75. The summed E-state index contributed by atoms with van der Waals surface area (Å²) in [5.41, 5.74) is 0.963. The predicted molar refractivity (Wildman–Crippen MR) is 123 cm³/mol. The minimum absolute atomic E-state index is 0.0567. The lowest BCUT2D eigenvalue weighted by Crippen LogP contribution is -2.38. The first-order valence-corrected chi connectivity index (χ1v) is 10.6. The molecule has 2 heterocycles. The van der Waals surface area contributed by atoms with Crippen molar-refractivity contribution < 1.29 is 32.7 Å². The fraction of sp³-hybridized carbons (Fsp3) is 0.120. The van der Waals surface area contributed by atoms with E-state index in [2.05, 4.69) is 10.6 Å². The number of carbonyl (C=O) groups excluding carboxylic acids is 4. The number of esters is 1. The van der Waals surface area contributed by atoms with Gasteiger partial charge in [0.25, 0.3) is 5.91 Å². The molecular formula is C25H20FN3O6. The monoisotopic (exact) mass is 477 g/mol. The van der Waals surface area contributed by atoms with Crippen molar-refractivity contribution in [2.75, 3.05) is 18.5 Å². The van der Waals surface area contributed by atoms with Gasteiger partial charge in [-0.25, -0.2) is 18.9 Å². The molecule has 35 heavy (non-hydrogen) atoms. The Morgan fingerprint density at radius 3 is 2.54 bits per heavy atom. The maximum atomic E-state index is 13.7. The molecule has 0 saturated carbocycles. The molecule has 1 aliphatic heterocycles. The second-order valence-electron chi connectivity index (χ2n) is 7.41. The highest BCUT2D eigenvalue weighted by Gasteiger charge is 2.35. The zero-order chi connectivity index (χ0) is 24.9. The number of nitrogens with zero attached hydrogens (tertiary/aromatic N) is 1. The third kappa shape index (κ3) is 5.27. The van der Waals surface area contributed by atoms with Crippen LogP contribution in [-0.2, 0) is 14.3 Å². The Bertz CT molecular complexity index is 1330. The van der Waals surface area contributed by atoms with E-state index in [4.69, 9.17) is 9.15 Å². The Labute approximate surface area is 199 Å². The number of benzene rings is 2. The molecule has 178 valence electrons. The van der Waals surface area contributed by atoms with Gasteiger partial charge in [-0.1, -0.05) is 24.3 Å². The standard InChI is InChI=1S/C25H20FN3O6/c1-2-34-24(32)16-9-7-15(8-10-16)21-12-11-17(35-21)13-20-23(31)29(25(33)28-20)14-22(30)27-19-6-4-3-5-18(19)26/h3-13H,2,14H2,1H3,(H,27,30)(H,28,33)/b20-13+. The molecule has 0 bridgehead atoms. The molecule has 2 N–H and O–H groups in total. The van der Waals surface area contributed by atoms with Gasteiger partial charge in [0.15, 0.2) is 0 Å². The molecule has 9 nitrogen and oxygen atoms in total. The van der Waals surface area contributed by atoms with Gasteiger partial charge in [0, 0.05) is 11.6 Å². The minimum atomic E-state index is -0.786. The fourth-order valence-corrected chi connectivity index (χ4v) is 3.32. The lowest BCUT2D eigenvalue weighted by atomic mass is 10.1. The molecule has 1 fully saturated rings. The predicted octanol–water partition coefficient (Wildman–Crippen LogP) is 3.79. The molecule has 1 aromatic heterocycles. The van der Waals surface area contributed by atoms with Crippen molar-refractivity contribution in [3.8, 4) is 11.3 Å². The number of furan rings is 1. The maximum Gasteiger partial charge on any atom is 0.338 e. The Morgan fingerprint density at radius 1 is 1.09 bits per heavy atom. The maximum absolute atomic E-state index is 13.7. The average Bonchev–Trinajstić information content (AvgIpc) is 3.41. The zero-order valence-electron chi connectivity index (χ0n) is 18.5. The highest BCUT2D eigenvalue weighted by Crippen LogP contribution is 2.25. The topological polar surface area (TPSA) is 118 Å². The molecule has 2 aromatic carbocycles. The summed E-state index contributed by atoms with van der Waals surface area (Å²) >= 11 is 0. The Hall–Kier alpha value is -4.73. The number of para-hydroxylation sites is 1. The van der Waals surface area contributed by atoms with Crippen LogP contribution >= 0.6 is 0 Å². The summed E-state index contributed by atoms with van der Waals surface area (Å²) in [6.07, 6.45) is 1.34. The van der Waals surface area contributed by atoms with Gasteiger partial charge >= 0.3 is 12.0 Å². The van der Waals surface area contributed by atoms with Crippen molar-refractivity contribution in [2.45, 2.75) is 6.92 Å². The molecule has 4 rings (SSSR count). The second-order valence-corrected chi connectivity index (χ2v) is 7.41. The number of rotatable bonds is 7. The van der Waals surface area contributed by atoms with Gasteiger partial charge in [-0.2, -0.15) is 0 Å². The summed E-state index contributed by atoms with van der Waals surface area (Å²) in [4.78, 5) is 49.6. The van der Waals surface area contributed by atoms with E-state index in [1.807, 2.05) is 0 Å². The van der Waals surface area contributed by atoms with Crippen molar-refractivity contribution in [1.29, 1.82) is 0 Å². The molecule has 1 aliphatic rings. The lowest BCUT2D eigenvalue weighted by Gasteiger charge is -2.12. The third-order valence-corrected chi connectivity index (χ3v) is 5.01. The fourth-order valence-electron chi connectivity index (χ4n) is 3.32. The highest BCUT2D eigenvalue weighted by atomic mass is 19.1. The number of ether oxygens (including phenoxy) is 1. The van der Waals surface area contributed by atoms with Crippen LogP contribution in [0.15, 0.2) is 70.8 Å². The summed E-state index contributed by atoms with van der Waals surface area (Å²) < 4.78 is 24.4. The van der Waals surface area contributed by atoms with Crippen LogP contribution in [0, 0.1) is 5.82 Å². The van der Waals surface area contributed by atoms with Gasteiger partial charge in [0.2, 0.25) is 5.91 Å². The molecule has 0 unspecified atom stereocenters. The van der Waals surface area contributed by atoms with Gasteiger partial charge in [-0.05, 0) is 43.3 Å². The Morgan fingerprint density at radius 2 is 1.83 bits per heavy atom. The summed E-state index contributed by atoms with van der Waals surface area (Å²) in [6, 6.07) is 14.7. The first kappa shape index (κ1) is 23.4. The number of urea groups is 1.